The summed E-state index contributed by atoms with van der Waals surface area (Å²) in [6, 6.07) is 8.96. The zero-order chi connectivity index (χ0) is 21.8. The van der Waals surface area contributed by atoms with E-state index in [2.05, 4.69) is 51.7 Å². The van der Waals surface area contributed by atoms with Gasteiger partial charge >= 0.3 is 0 Å². The summed E-state index contributed by atoms with van der Waals surface area (Å²) in [5, 5.41) is 10.5. The molecule has 1 amide bonds. The topological polar surface area (TPSA) is 70.2 Å². The molecule has 1 unspecified atom stereocenters. The van der Waals surface area contributed by atoms with Crippen molar-refractivity contribution in [3.05, 3.63) is 52.3 Å². The lowest BCUT2D eigenvalue weighted by Crippen LogP contribution is -2.46. The van der Waals surface area contributed by atoms with Crippen molar-refractivity contribution in [3.63, 3.8) is 0 Å². The first kappa shape index (κ1) is 22.0. The Morgan fingerprint density at radius 3 is 2.84 bits per heavy atom. The van der Waals surface area contributed by atoms with Gasteiger partial charge in [0.2, 0.25) is 5.91 Å². The minimum absolute atomic E-state index is 0.138. The van der Waals surface area contributed by atoms with Gasteiger partial charge in [-0.3, -0.25) is 9.89 Å². The molecule has 2 aliphatic rings. The number of nitrogens with zero attached hydrogens (tertiary/aromatic N) is 2. The van der Waals surface area contributed by atoms with Crippen molar-refractivity contribution in [3.8, 4) is 0 Å². The molecule has 0 bridgehead atoms. The summed E-state index contributed by atoms with van der Waals surface area (Å²) >= 11 is 0. The summed E-state index contributed by atoms with van der Waals surface area (Å²) in [6.07, 6.45) is 4.79. The molecule has 4 rings (SSSR count). The van der Waals surface area contributed by atoms with Crippen LogP contribution in [0.3, 0.4) is 0 Å². The van der Waals surface area contributed by atoms with E-state index >= 15 is 0 Å². The Balaban J connectivity index is 1.50. The average molecular weight is 425 g/mol. The number of rotatable bonds is 6. The van der Waals surface area contributed by atoms with Crippen LogP contribution in [0.4, 0.5) is 0 Å². The van der Waals surface area contributed by atoms with Gasteiger partial charge in [0.15, 0.2) is 0 Å². The molecule has 6 nitrogen and oxygen atoms in total. The summed E-state index contributed by atoms with van der Waals surface area (Å²) in [5.74, 6) is 0.726. The maximum atomic E-state index is 13.5. The molecular weight excluding hydrogens is 388 g/mol. The fraction of sp³-hybridized carbons (Fsp3) is 0.600. The molecule has 168 valence electrons. The molecule has 3 heterocycles. The van der Waals surface area contributed by atoms with E-state index in [4.69, 9.17) is 4.74 Å². The van der Waals surface area contributed by atoms with E-state index in [9.17, 15) is 4.79 Å². The molecule has 6 heteroatoms. The molecule has 2 N–H and O–H groups in total. The van der Waals surface area contributed by atoms with Crippen molar-refractivity contribution >= 4 is 5.91 Å². The van der Waals surface area contributed by atoms with Crippen molar-refractivity contribution in [1.29, 1.82) is 0 Å². The second-order valence-corrected chi connectivity index (χ2v) is 9.51. The first-order chi connectivity index (χ1) is 15.0. The van der Waals surface area contributed by atoms with E-state index in [-0.39, 0.29) is 5.91 Å². The number of hydrogen-bond donors (Lipinski definition) is 2. The molecule has 2 aromatic rings. The number of aromatic nitrogens is 2. The summed E-state index contributed by atoms with van der Waals surface area (Å²) in [5.41, 5.74) is 5.31. The number of carbonyl (C=O) groups excluding carboxylic acids is 1. The van der Waals surface area contributed by atoms with Crippen LogP contribution in [0.1, 0.15) is 59.7 Å². The smallest absolute Gasteiger partial charge is 0.226 e. The second kappa shape index (κ2) is 9.53. The Kier molecular flexibility index (Phi) is 6.77. The molecule has 1 atom stereocenters. The van der Waals surface area contributed by atoms with Crippen molar-refractivity contribution in [2.45, 2.75) is 58.4 Å². The predicted molar refractivity (Wildman–Crippen MR) is 122 cm³/mol. The lowest BCUT2D eigenvalue weighted by atomic mass is 9.74. The zero-order valence-electron chi connectivity index (χ0n) is 19.2. The Hall–Kier alpha value is -2.18. The highest BCUT2D eigenvalue weighted by molar-refractivity contribution is 5.83. The largest absolute Gasteiger partial charge is 0.381 e. The minimum Gasteiger partial charge on any atom is -0.381 e. The quantitative estimate of drug-likeness (QED) is 0.745. The van der Waals surface area contributed by atoms with Crippen LogP contribution < -0.4 is 5.32 Å². The first-order valence-electron chi connectivity index (χ1n) is 11.6. The number of amides is 1. The van der Waals surface area contributed by atoms with Crippen molar-refractivity contribution in [2.24, 2.45) is 5.41 Å². The van der Waals surface area contributed by atoms with Crippen molar-refractivity contribution in [2.75, 3.05) is 33.4 Å². The third-order valence-corrected chi connectivity index (χ3v) is 7.23. The van der Waals surface area contributed by atoms with Crippen LogP contribution in [0, 0.1) is 19.3 Å². The van der Waals surface area contributed by atoms with E-state index < -0.39 is 5.41 Å². The SMILES string of the molecule is Cc1n[nH]c(C)c1CNC(=O)C1(Cc2cccc(C3CCCN(C)C3)c2)CCOCC1. The Morgan fingerprint density at radius 1 is 1.32 bits per heavy atom. The van der Waals surface area contributed by atoms with Gasteiger partial charge in [-0.1, -0.05) is 24.3 Å². The van der Waals surface area contributed by atoms with Gasteiger partial charge in [0.25, 0.3) is 0 Å². The van der Waals surface area contributed by atoms with E-state index in [1.807, 2.05) is 13.8 Å². The van der Waals surface area contributed by atoms with E-state index in [0.717, 1.165) is 42.8 Å². The molecule has 2 aliphatic heterocycles. The van der Waals surface area contributed by atoms with Gasteiger partial charge in [-0.15, -0.1) is 0 Å². The number of ether oxygens (including phenoxy) is 1. The first-order valence-corrected chi connectivity index (χ1v) is 11.6. The summed E-state index contributed by atoms with van der Waals surface area (Å²) < 4.78 is 5.63. The Morgan fingerprint density at radius 2 is 2.13 bits per heavy atom. The summed E-state index contributed by atoms with van der Waals surface area (Å²) in [4.78, 5) is 15.9. The second-order valence-electron chi connectivity index (χ2n) is 9.51. The van der Waals surface area contributed by atoms with Crippen LogP contribution in [0.25, 0.3) is 0 Å². The molecule has 0 aliphatic carbocycles. The van der Waals surface area contributed by atoms with Gasteiger partial charge in [-0.25, -0.2) is 0 Å². The third-order valence-electron chi connectivity index (χ3n) is 7.23. The van der Waals surface area contributed by atoms with Crippen LogP contribution in [0.5, 0.6) is 0 Å². The monoisotopic (exact) mass is 424 g/mol. The zero-order valence-corrected chi connectivity index (χ0v) is 19.2. The molecule has 1 aromatic carbocycles. The number of carbonyl (C=O) groups is 1. The van der Waals surface area contributed by atoms with Crippen LogP contribution in [-0.2, 0) is 22.5 Å². The number of aryl methyl sites for hydroxylation is 2. The predicted octanol–water partition coefficient (Wildman–Crippen LogP) is 3.49. The number of nitrogens with one attached hydrogen (secondary N) is 2. The van der Waals surface area contributed by atoms with Gasteiger partial charge < -0.3 is 15.0 Å². The van der Waals surface area contributed by atoms with E-state index in [0.29, 0.717) is 25.7 Å². The van der Waals surface area contributed by atoms with Gasteiger partial charge in [0.1, 0.15) is 0 Å². The highest BCUT2D eigenvalue weighted by Crippen LogP contribution is 2.36. The van der Waals surface area contributed by atoms with Crippen molar-refractivity contribution in [1.82, 2.24) is 20.4 Å². The Labute approximate surface area is 185 Å². The maximum Gasteiger partial charge on any atom is 0.226 e. The molecule has 0 radical (unpaired) electrons. The highest BCUT2D eigenvalue weighted by Gasteiger charge is 2.40. The van der Waals surface area contributed by atoms with Gasteiger partial charge in [0, 0.05) is 37.6 Å². The lowest BCUT2D eigenvalue weighted by molar-refractivity contribution is -0.136. The third kappa shape index (κ3) is 5.01. The van der Waals surface area contributed by atoms with Crippen LogP contribution in [0.2, 0.25) is 0 Å². The summed E-state index contributed by atoms with van der Waals surface area (Å²) in [6.45, 7) is 8.09. The number of likely N-dealkylation sites (N-methyl/N-ethyl adjacent to an activating group) is 1. The van der Waals surface area contributed by atoms with Crippen LogP contribution >= 0.6 is 0 Å². The number of benzene rings is 1. The van der Waals surface area contributed by atoms with Crippen LogP contribution in [-0.4, -0.2) is 54.4 Å². The van der Waals surface area contributed by atoms with Gasteiger partial charge in [0.05, 0.1) is 11.1 Å². The molecule has 2 saturated heterocycles. The summed E-state index contributed by atoms with van der Waals surface area (Å²) in [7, 11) is 2.21. The van der Waals surface area contributed by atoms with E-state index in [1.54, 1.807) is 0 Å². The number of likely N-dealkylation sites (tertiary alicyclic amines) is 1. The minimum atomic E-state index is -0.411. The fourth-order valence-corrected chi connectivity index (χ4v) is 5.22. The number of piperidine rings is 1. The maximum absolute atomic E-state index is 13.5. The molecule has 31 heavy (non-hydrogen) atoms. The molecular formula is C25H36N4O2. The normalized spacial score (nSPS) is 21.7. The number of aromatic amines is 1. The van der Waals surface area contributed by atoms with Crippen LogP contribution in [0.15, 0.2) is 24.3 Å². The van der Waals surface area contributed by atoms with Crippen molar-refractivity contribution < 1.29 is 9.53 Å². The molecule has 1 aromatic heterocycles. The molecule has 2 fully saturated rings. The number of hydrogen-bond acceptors (Lipinski definition) is 4. The number of H-pyrrole nitrogens is 1. The standard InChI is InChI=1S/C25H36N4O2/c1-18-23(19(2)28-27-18)16-26-24(30)25(9-12-31-13-10-25)15-20-6-4-7-21(14-20)22-8-5-11-29(3)17-22/h4,6-7,14,22H,5,8-13,15-17H2,1-3H3,(H,26,30)(H,27,28). The highest BCUT2D eigenvalue weighted by atomic mass is 16.5. The molecule has 0 spiro atoms. The Bertz CT molecular complexity index is 881. The van der Waals surface area contributed by atoms with E-state index in [1.165, 1.54) is 30.5 Å². The average Bonchev–Trinajstić information content (AvgIpc) is 3.10. The fourth-order valence-electron chi connectivity index (χ4n) is 5.22. The molecule has 0 saturated carbocycles. The van der Waals surface area contributed by atoms with Gasteiger partial charge in [-0.2, -0.15) is 5.10 Å². The van der Waals surface area contributed by atoms with Gasteiger partial charge in [-0.05, 0) is 76.6 Å². The lowest BCUT2D eigenvalue weighted by Gasteiger charge is -2.36.